The quantitative estimate of drug-likeness (QED) is 0.525. The lowest BCUT2D eigenvalue weighted by Gasteiger charge is -2.15. The highest BCUT2D eigenvalue weighted by atomic mass is 16.4. The first-order valence-corrected chi connectivity index (χ1v) is 7.32. The second kappa shape index (κ2) is 10.6. The van der Waals surface area contributed by atoms with Gasteiger partial charge in [0.15, 0.2) is 0 Å². The van der Waals surface area contributed by atoms with Gasteiger partial charge in [0.1, 0.15) is 0 Å². The van der Waals surface area contributed by atoms with E-state index in [1.54, 1.807) is 0 Å². The maximum Gasteiger partial charge on any atom is 0.306 e. The van der Waals surface area contributed by atoms with Gasteiger partial charge in [0, 0.05) is 0 Å². The van der Waals surface area contributed by atoms with Crippen molar-refractivity contribution in [2.75, 3.05) is 0 Å². The van der Waals surface area contributed by atoms with Gasteiger partial charge in [0.2, 0.25) is 0 Å². The molecule has 2 atom stereocenters. The van der Waals surface area contributed by atoms with Crippen LogP contribution in [0, 0.1) is 11.8 Å². The average molecular weight is 242 g/mol. The zero-order valence-corrected chi connectivity index (χ0v) is 11.9. The summed E-state index contributed by atoms with van der Waals surface area (Å²) in [5.41, 5.74) is 0. The molecule has 2 heteroatoms. The van der Waals surface area contributed by atoms with Crippen LogP contribution in [0.5, 0.6) is 0 Å². The summed E-state index contributed by atoms with van der Waals surface area (Å²) in [5, 5.41) is 8.88. The molecule has 2 nitrogen and oxygen atoms in total. The summed E-state index contributed by atoms with van der Waals surface area (Å²) in [4.78, 5) is 10.8. The number of carboxylic acid groups (broad SMARTS) is 1. The van der Waals surface area contributed by atoms with Crippen molar-refractivity contribution in [2.45, 2.75) is 78.6 Å². The molecule has 1 N–H and O–H groups in total. The Morgan fingerprint density at radius 2 is 1.41 bits per heavy atom. The van der Waals surface area contributed by atoms with Gasteiger partial charge in [-0.1, -0.05) is 72.1 Å². The molecule has 0 aliphatic heterocycles. The number of unbranched alkanes of at least 4 members (excludes halogenated alkanes) is 7. The molecular formula is C15H30O2. The molecule has 102 valence electrons. The van der Waals surface area contributed by atoms with E-state index in [0.717, 1.165) is 6.42 Å². The third-order valence-electron chi connectivity index (χ3n) is 3.76. The van der Waals surface area contributed by atoms with Crippen LogP contribution in [0.25, 0.3) is 0 Å². The first-order valence-electron chi connectivity index (χ1n) is 7.32. The third-order valence-corrected chi connectivity index (χ3v) is 3.76. The average Bonchev–Trinajstić information content (AvgIpc) is 2.31. The van der Waals surface area contributed by atoms with E-state index >= 15 is 0 Å². The van der Waals surface area contributed by atoms with Crippen LogP contribution >= 0.6 is 0 Å². The fourth-order valence-electron chi connectivity index (χ4n) is 2.09. The molecule has 0 bridgehead atoms. The Balaban J connectivity index is 3.30. The van der Waals surface area contributed by atoms with Gasteiger partial charge < -0.3 is 5.11 Å². The monoisotopic (exact) mass is 242 g/mol. The van der Waals surface area contributed by atoms with Gasteiger partial charge in [-0.25, -0.2) is 0 Å². The first-order chi connectivity index (χ1) is 8.09. The molecule has 0 amide bonds. The van der Waals surface area contributed by atoms with Crippen LogP contribution in [0.15, 0.2) is 0 Å². The van der Waals surface area contributed by atoms with Crippen LogP contribution in [-0.4, -0.2) is 11.1 Å². The predicted molar refractivity (Wildman–Crippen MR) is 73.2 cm³/mol. The van der Waals surface area contributed by atoms with Crippen molar-refractivity contribution in [1.82, 2.24) is 0 Å². The molecule has 0 rings (SSSR count). The predicted octanol–water partition coefficient (Wildman–Crippen LogP) is 4.87. The van der Waals surface area contributed by atoms with Gasteiger partial charge in [-0.05, 0) is 12.3 Å². The normalized spacial score (nSPS) is 14.5. The molecule has 0 aromatic rings. The zero-order valence-electron chi connectivity index (χ0n) is 11.9. The Hall–Kier alpha value is -0.530. The van der Waals surface area contributed by atoms with Gasteiger partial charge in [-0.2, -0.15) is 0 Å². The van der Waals surface area contributed by atoms with Crippen molar-refractivity contribution in [2.24, 2.45) is 11.8 Å². The maximum atomic E-state index is 10.8. The van der Waals surface area contributed by atoms with Crippen LogP contribution in [0.1, 0.15) is 78.6 Å². The summed E-state index contributed by atoms with van der Waals surface area (Å²) in [7, 11) is 0. The van der Waals surface area contributed by atoms with Crippen molar-refractivity contribution in [3.63, 3.8) is 0 Å². The Morgan fingerprint density at radius 3 is 1.88 bits per heavy atom. The second-order valence-electron chi connectivity index (χ2n) is 5.37. The van der Waals surface area contributed by atoms with Gasteiger partial charge in [-0.15, -0.1) is 0 Å². The Labute approximate surface area is 107 Å². The molecular weight excluding hydrogens is 212 g/mol. The second-order valence-corrected chi connectivity index (χ2v) is 5.37. The largest absolute Gasteiger partial charge is 0.481 e. The van der Waals surface area contributed by atoms with Crippen LogP contribution in [0.3, 0.4) is 0 Å². The molecule has 0 aromatic heterocycles. The number of carboxylic acids is 1. The van der Waals surface area contributed by atoms with Gasteiger partial charge >= 0.3 is 5.97 Å². The van der Waals surface area contributed by atoms with Crippen LogP contribution in [-0.2, 0) is 4.79 Å². The van der Waals surface area contributed by atoms with E-state index in [1.165, 1.54) is 51.4 Å². The van der Waals surface area contributed by atoms with E-state index in [2.05, 4.69) is 13.8 Å². The van der Waals surface area contributed by atoms with Crippen LogP contribution < -0.4 is 0 Å². The minimum Gasteiger partial charge on any atom is -0.481 e. The van der Waals surface area contributed by atoms with Crippen molar-refractivity contribution >= 4 is 5.97 Å². The third kappa shape index (κ3) is 9.20. The first kappa shape index (κ1) is 16.5. The molecule has 0 fully saturated rings. The topological polar surface area (TPSA) is 37.3 Å². The standard InChI is InChI=1S/C15H30O2/c1-4-5-6-7-8-9-10-11-12-13(2)14(3)15(16)17/h13-14H,4-12H2,1-3H3,(H,16,17). The smallest absolute Gasteiger partial charge is 0.306 e. The van der Waals surface area contributed by atoms with E-state index in [0.29, 0.717) is 5.92 Å². The number of hydrogen-bond donors (Lipinski definition) is 1. The SMILES string of the molecule is CCCCCCCCCCC(C)C(C)C(=O)O. The Kier molecular flexibility index (Phi) is 10.3. The van der Waals surface area contributed by atoms with Crippen LogP contribution in [0.2, 0.25) is 0 Å². The van der Waals surface area contributed by atoms with E-state index in [1.807, 2.05) is 6.92 Å². The van der Waals surface area contributed by atoms with Crippen molar-refractivity contribution in [3.05, 3.63) is 0 Å². The van der Waals surface area contributed by atoms with Crippen molar-refractivity contribution < 1.29 is 9.90 Å². The van der Waals surface area contributed by atoms with E-state index in [9.17, 15) is 4.79 Å². The molecule has 0 saturated carbocycles. The minimum atomic E-state index is -0.655. The lowest BCUT2D eigenvalue weighted by Crippen LogP contribution is -2.17. The Morgan fingerprint density at radius 1 is 0.941 bits per heavy atom. The molecule has 0 aliphatic carbocycles. The number of aliphatic carboxylic acids is 1. The van der Waals surface area contributed by atoms with E-state index in [-0.39, 0.29) is 5.92 Å². The maximum absolute atomic E-state index is 10.8. The van der Waals surface area contributed by atoms with Gasteiger partial charge in [-0.3, -0.25) is 4.79 Å². The number of carbonyl (C=O) groups is 1. The van der Waals surface area contributed by atoms with Crippen molar-refractivity contribution in [1.29, 1.82) is 0 Å². The molecule has 0 saturated heterocycles. The summed E-state index contributed by atoms with van der Waals surface area (Å²) in [5.74, 6) is -0.538. The van der Waals surface area contributed by atoms with Gasteiger partial charge in [0.25, 0.3) is 0 Å². The van der Waals surface area contributed by atoms with Crippen LogP contribution in [0.4, 0.5) is 0 Å². The molecule has 2 unspecified atom stereocenters. The molecule has 17 heavy (non-hydrogen) atoms. The summed E-state index contributed by atoms with van der Waals surface area (Å²) in [6.07, 6.45) is 11.6. The minimum absolute atomic E-state index is 0.195. The molecule has 0 aromatic carbocycles. The summed E-state index contributed by atoms with van der Waals surface area (Å²) >= 11 is 0. The number of hydrogen-bond acceptors (Lipinski definition) is 1. The fourth-order valence-corrected chi connectivity index (χ4v) is 2.09. The number of rotatable bonds is 11. The molecule has 0 radical (unpaired) electrons. The van der Waals surface area contributed by atoms with E-state index in [4.69, 9.17) is 5.11 Å². The molecule has 0 aliphatic rings. The lowest BCUT2D eigenvalue weighted by molar-refractivity contribution is -0.142. The summed E-state index contributed by atoms with van der Waals surface area (Å²) < 4.78 is 0. The molecule has 0 heterocycles. The highest BCUT2D eigenvalue weighted by Crippen LogP contribution is 2.19. The van der Waals surface area contributed by atoms with Crippen molar-refractivity contribution in [3.8, 4) is 0 Å². The summed E-state index contributed by atoms with van der Waals surface area (Å²) in [6.45, 7) is 6.11. The molecule has 0 spiro atoms. The zero-order chi connectivity index (χ0) is 13.1. The Bertz CT molecular complexity index is 189. The van der Waals surface area contributed by atoms with E-state index < -0.39 is 5.97 Å². The van der Waals surface area contributed by atoms with Gasteiger partial charge in [0.05, 0.1) is 5.92 Å². The summed E-state index contributed by atoms with van der Waals surface area (Å²) in [6, 6.07) is 0. The highest BCUT2D eigenvalue weighted by molar-refractivity contribution is 5.69. The fraction of sp³-hybridized carbons (Fsp3) is 0.933. The lowest BCUT2D eigenvalue weighted by atomic mass is 9.90. The highest BCUT2D eigenvalue weighted by Gasteiger charge is 2.18.